The predicted molar refractivity (Wildman–Crippen MR) is 303 cm³/mol. The topological polar surface area (TPSA) is 427 Å². The van der Waals surface area contributed by atoms with Crippen LogP contribution in [-0.4, -0.2) is 199 Å². The van der Waals surface area contributed by atoms with Crippen LogP contribution in [0.5, 0.6) is 11.5 Å². The number of aliphatic hydroxyl groups excluding tert-OH is 2. The number of phenols is 2. The standard InChI is InChI=1S/C29H41N5O8.C28H39N5O8.CH3.Na/c1-16-8-18(5-6-24(16)37)10-19(27(31)40)11-25(38)22-4-3-7-33(22)29(42)23-12-21(36)15-34(23)26(39)14-32-28(41)17(2)9-20(35)13-30;1-16(9-20(35)13-29)27(40)31-14-25(38)33-15-21(36)12-23(33)28(41)32-8-2-3-22(32)24(37)11-18(26(30)39)10-17-4-6-19(34)7-5-17;;/h5-6,8,17,19,21-23,36-37H,3-4,7,9-15,30H2,1-2H3,(H2,31,40)(H,32,41);4-7,16,18,21-23,34,36H,2-3,8-15,29H2,1H3,(H2,30,39)(H,31,40);1H3;/q;;-1;+1/t17?,19?,21-,22?,23?;16?,18?,21-,22?,23?;;/m00../s1. The molecule has 462 valence electrons. The summed E-state index contributed by atoms with van der Waals surface area (Å²) in [5.74, 6) is -8.43. The number of ketones is 4. The number of nitrogens with two attached hydrogens (primary N) is 4. The Morgan fingerprint density at radius 3 is 1.34 bits per heavy atom. The number of hydrogen-bond acceptors (Lipinski definition) is 18. The van der Waals surface area contributed by atoms with Gasteiger partial charge in [-0.05, 0) is 80.3 Å². The van der Waals surface area contributed by atoms with Gasteiger partial charge in [-0.3, -0.25) is 57.5 Å². The smallest absolute Gasteiger partial charge is 0.508 e. The van der Waals surface area contributed by atoms with Crippen molar-refractivity contribution in [2.45, 2.75) is 134 Å². The molecule has 2 aromatic rings. The Kier molecular flexibility index (Phi) is 28.9. The number of benzene rings is 2. The van der Waals surface area contributed by atoms with Crippen molar-refractivity contribution in [3.63, 3.8) is 0 Å². The maximum atomic E-state index is 13.6. The number of Topliss-reactive ketones (excluding diaryl/α,β-unsaturated/α-hetero) is 4. The molecule has 0 aromatic heterocycles. The summed E-state index contributed by atoms with van der Waals surface area (Å²) in [6.07, 6.45) is -0.0896. The number of carbonyl (C=O) groups excluding carboxylic acids is 12. The molecule has 85 heavy (non-hydrogen) atoms. The first-order chi connectivity index (χ1) is 39.2. The molecule has 27 heteroatoms. The molecule has 4 aliphatic heterocycles. The summed E-state index contributed by atoms with van der Waals surface area (Å²) < 4.78 is 0. The Morgan fingerprint density at radius 1 is 0.576 bits per heavy atom. The summed E-state index contributed by atoms with van der Waals surface area (Å²) in [7, 11) is 0. The number of rotatable bonds is 26. The van der Waals surface area contributed by atoms with E-state index in [0.717, 1.165) is 11.1 Å². The average molecular weight is 1200 g/mol. The second kappa shape index (κ2) is 33.9. The average Bonchev–Trinajstić information content (AvgIpc) is 4.49. The minimum Gasteiger partial charge on any atom is -0.508 e. The number of β-amino-alcohol motifs (C(OH)–C–C–N with tert-alkyl or cyclic N) is 2. The molecule has 8 unspecified atom stereocenters. The van der Waals surface area contributed by atoms with Crippen molar-refractivity contribution in [1.82, 2.24) is 30.2 Å². The zero-order chi connectivity index (χ0) is 61.4. The molecule has 4 saturated heterocycles. The van der Waals surface area contributed by atoms with Gasteiger partial charge < -0.3 is 81.0 Å². The van der Waals surface area contributed by atoms with Crippen LogP contribution >= 0.6 is 0 Å². The van der Waals surface area contributed by atoms with Crippen LogP contribution in [0.2, 0.25) is 0 Å². The Labute approximate surface area is 516 Å². The van der Waals surface area contributed by atoms with E-state index in [9.17, 15) is 78.0 Å². The third-order valence-corrected chi connectivity index (χ3v) is 15.7. The molecule has 14 N–H and O–H groups in total. The summed E-state index contributed by atoms with van der Waals surface area (Å²) in [6, 6.07) is 7.52. The Bertz CT molecular complexity index is 2750. The van der Waals surface area contributed by atoms with Gasteiger partial charge in [-0.15, -0.1) is 0 Å². The van der Waals surface area contributed by atoms with Gasteiger partial charge in [-0.2, -0.15) is 0 Å². The van der Waals surface area contributed by atoms with Gasteiger partial charge in [-0.1, -0.05) is 38.1 Å². The summed E-state index contributed by atoms with van der Waals surface area (Å²) in [4.78, 5) is 157. The van der Waals surface area contributed by atoms with Crippen molar-refractivity contribution >= 4 is 70.4 Å². The molecular weight excluding hydrogens is 1120 g/mol. The van der Waals surface area contributed by atoms with Crippen LogP contribution in [0.25, 0.3) is 0 Å². The van der Waals surface area contributed by atoms with E-state index < -0.39 is 120 Å². The fourth-order valence-corrected chi connectivity index (χ4v) is 11.0. The van der Waals surface area contributed by atoms with E-state index in [1.165, 1.54) is 44.7 Å². The molecule has 0 radical (unpaired) electrons. The van der Waals surface area contributed by atoms with Gasteiger partial charge in [-0.25, -0.2) is 0 Å². The fraction of sp³-hybridized carbons (Fsp3) is 0.569. The number of amides is 8. The summed E-state index contributed by atoms with van der Waals surface area (Å²) >= 11 is 0. The number of hydrogen-bond donors (Lipinski definition) is 10. The molecule has 0 spiro atoms. The molecule has 8 amide bonds. The maximum Gasteiger partial charge on any atom is 1.00 e. The van der Waals surface area contributed by atoms with Crippen LogP contribution in [-0.2, 0) is 70.4 Å². The largest absolute Gasteiger partial charge is 1.00 e. The van der Waals surface area contributed by atoms with Gasteiger partial charge in [0, 0.05) is 88.4 Å². The molecule has 2 aromatic carbocycles. The third kappa shape index (κ3) is 20.5. The van der Waals surface area contributed by atoms with Crippen LogP contribution in [0.3, 0.4) is 0 Å². The van der Waals surface area contributed by atoms with Crippen molar-refractivity contribution in [2.75, 3.05) is 52.4 Å². The molecule has 4 aliphatic rings. The molecule has 0 saturated carbocycles. The second-order valence-corrected chi connectivity index (χ2v) is 22.1. The van der Waals surface area contributed by atoms with Crippen LogP contribution in [0.4, 0.5) is 0 Å². The number of aryl methyl sites for hydroxylation is 1. The Balaban J connectivity index is 0.000000435. The Morgan fingerprint density at radius 2 is 0.965 bits per heavy atom. The summed E-state index contributed by atoms with van der Waals surface area (Å²) in [5.41, 5.74) is 23.9. The molecule has 10 atom stereocenters. The molecule has 0 aliphatic carbocycles. The Hall–Kier alpha value is -6.68. The zero-order valence-electron chi connectivity index (χ0n) is 49.2. The first kappa shape index (κ1) is 72.6. The van der Waals surface area contributed by atoms with Gasteiger partial charge in [0.1, 0.15) is 35.1 Å². The van der Waals surface area contributed by atoms with Gasteiger partial charge in [0.2, 0.25) is 47.3 Å². The van der Waals surface area contributed by atoms with Gasteiger partial charge in [0.25, 0.3) is 0 Å². The van der Waals surface area contributed by atoms with E-state index in [-0.39, 0.29) is 162 Å². The number of aromatic hydroxyl groups is 2. The number of primary amides is 2. The van der Waals surface area contributed by atoms with Crippen molar-refractivity contribution in [3.8, 4) is 11.5 Å². The van der Waals surface area contributed by atoms with Crippen molar-refractivity contribution in [1.29, 1.82) is 0 Å². The molecule has 4 fully saturated rings. The van der Waals surface area contributed by atoms with E-state index in [1.807, 2.05) is 0 Å². The van der Waals surface area contributed by atoms with E-state index in [0.29, 0.717) is 31.2 Å². The van der Waals surface area contributed by atoms with Crippen LogP contribution < -0.4 is 63.1 Å². The van der Waals surface area contributed by atoms with Crippen molar-refractivity contribution in [2.24, 2.45) is 46.6 Å². The first-order valence-electron chi connectivity index (χ1n) is 28.0. The van der Waals surface area contributed by atoms with E-state index in [2.05, 4.69) is 10.6 Å². The van der Waals surface area contributed by atoms with Crippen LogP contribution in [0.1, 0.15) is 94.7 Å². The number of likely N-dealkylation sites (tertiary alicyclic amines) is 4. The first-order valence-corrected chi connectivity index (χ1v) is 28.0. The number of carbonyl (C=O) groups is 12. The van der Waals surface area contributed by atoms with E-state index >= 15 is 0 Å². The number of aliphatic hydroxyl groups is 2. The second-order valence-electron chi connectivity index (χ2n) is 22.1. The molecule has 0 bridgehead atoms. The van der Waals surface area contributed by atoms with Gasteiger partial charge >= 0.3 is 29.6 Å². The van der Waals surface area contributed by atoms with Crippen LogP contribution in [0, 0.1) is 38.0 Å². The third-order valence-electron chi connectivity index (χ3n) is 15.7. The predicted octanol–water partition coefficient (Wildman–Crippen LogP) is -5.00. The van der Waals surface area contributed by atoms with E-state index in [1.54, 1.807) is 38.1 Å². The minimum atomic E-state index is -1.01. The number of phenolic OH excluding ortho intramolecular Hbond substituents is 2. The number of nitrogens with zero attached hydrogens (tertiary/aromatic N) is 4. The minimum absolute atomic E-state index is 0. The van der Waals surface area contributed by atoms with Gasteiger partial charge in [0.15, 0.2) is 11.6 Å². The normalized spacial score (nSPS) is 21.2. The van der Waals surface area contributed by atoms with Crippen molar-refractivity contribution < 1.29 is 108 Å². The zero-order valence-corrected chi connectivity index (χ0v) is 51.2. The summed E-state index contributed by atoms with van der Waals surface area (Å²) in [6.45, 7) is 3.95. The summed E-state index contributed by atoms with van der Waals surface area (Å²) in [5, 5.41) is 44.8. The quantitative estimate of drug-likeness (QED) is 0.0311. The number of nitrogens with one attached hydrogen (secondary N) is 2. The van der Waals surface area contributed by atoms with E-state index in [4.69, 9.17) is 22.9 Å². The molecule has 26 nitrogen and oxygen atoms in total. The SMILES string of the molecule is CC(CC(=O)CN)C(=O)NCC(=O)N1C[C@@H](O)CC1C(=O)N1CCCC1C(=O)CC(Cc1ccc(O)cc1)C(N)=O.Cc1cc(CC(CC(=O)C2CCCN2C(=O)C2C[C@H](O)CN2C(=O)CNC(=O)C(C)CC(=O)CN)C(N)=O)ccc1O.[CH3-].[Na+]. The fourth-order valence-electron chi connectivity index (χ4n) is 11.0. The molecule has 6 rings (SSSR count). The monoisotopic (exact) mass is 1200 g/mol. The van der Waals surface area contributed by atoms with Crippen LogP contribution in [0.15, 0.2) is 42.5 Å². The molecular formula is C58H83N10NaO16. The van der Waals surface area contributed by atoms with Crippen molar-refractivity contribution in [3.05, 3.63) is 66.6 Å². The molecule has 4 heterocycles. The van der Waals surface area contributed by atoms with Gasteiger partial charge in [0.05, 0.1) is 50.5 Å². The maximum absolute atomic E-state index is 13.6.